The molecular formula is C3H5O6P-2. The molecule has 0 aliphatic rings. The van der Waals surface area contributed by atoms with Gasteiger partial charge in [-0.1, -0.05) is 0 Å². The lowest BCUT2D eigenvalue weighted by Crippen LogP contribution is -2.26. The Morgan fingerprint density at radius 1 is 1.70 bits per heavy atom. The zero-order valence-corrected chi connectivity index (χ0v) is 5.69. The van der Waals surface area contributed by atoms with Crippen LogP contribution in [0.15, 0.2) is 0 Å². The van der Waals surface area contributed by atoms with Crippen LogP contribution in [0.4, 0.5) is 0 Å². The molecule has 0 bridgehead atoms. The van der Waals surface area contributed by atoms with Gasteiger partial charge in [0.25, 0.3) is 0 Å². The molecule has 10 heavy (non-hydrogen) atoms. The van der Waals surface area contributed by atoms with E-state index >= 15 is 0 Å². The predicted molar refractivity (Wildman–Crippen MR) is 25.6 cm³/mol. The van der Waals surface area contributed by atoms with Crippen molar-refractivity contribution in [2.45, 2.75) is 6.10 Å². The third-order valence-electron chi connectivity index (χ3n) is 0.596. The molecule has 0 aromatic carbocycles. The van der Waals surface area contributed by atoms with Gasteiger partial charge in [0.1, 0.15) is 6.10 Å². The minimum absolute atomic E-state index is 0.0302. The lowest BCUT2D eigenvalue weighted by molar-refractivity contribution is -0.344. The van der Waals surface area contributed by atoms with Crippen LogP contribution in [0.3, 0.4) is 0 Å². The Balaban J connectivity index is 3.86. The molecular weight excluding hydrogens is 163 g/mol. The van der Waals surface area contributed by atoms with Crippen LogP contribution in [0.25, 0.3) is 0 Å². The molecule has 0 saturated heterocycles. The van der Waals surface area contributed by atoms with Crippen LogP contribution in [0.5, 0.6) is 0 Å². The normalized spacial score (nSPS) is 14.7. The van der Waals surface area contributed by atoms with Crippen molar-refractivity contribution in [3.05, 3.63) is 0 Å². The number of carbonyl (C=O) groups is 1. The van der Waals surface area contributed by atoms with Gasteiger partial charge >= 0.3 is 0 Å². The predicted octanol–water partition coefficient (Wildman–Crippen LogP) is -2.61. The molecule has 60 valence electrons. The number of aldehydes is 1. The van der Waals surface area contributed by atoms with Gasteiger partial charge in [0.2, 0.25) is 0 Å². The number of phosphoric acid groups is 1. The number of hydrogen-bond acceptors (Lipinski definition) is 6. The largest absolute Gasteiger partial charge is 0.790 e. The van der Waals surface area contributed by atoms with E-state index in [4.69, 9.17) is 5.11 Å². The molecule has 7 heteroatoms. The molecule has 0 spiro atoms. The second-order valence-electron chi connectivity index (χ2n) is 1.41. The van der Waals surface area contributed by atoms with Gasteiger partial charge in [0.05, 0.1) is 14.4 Å². The van der Waals surface area contributed by atoms with Crippen molar-refractivity contribution in [2.75, 3.05) is 6.61 Å². The summed E-state index contributed by atoms with van der Waals surface area (Å²) in [5.74, 6) is 0. The summed E-state index contributed by atoms with van der Waals surface area (Å²) in [4.78, 5) is 29.2. The summed E-state index contributed by atoms with van der Waals surface area (Å²) in [5.41, 5.74) is 0. The van der Waals surface area contributed by atoms with Gasteiger partial charge in [-0.3, -0.25) is 0 Å². The number of aliphatic hydroxyl groups excluding tert-OH is 1. The van der Waals surface area contributed by atoms with E-state index in [1.807, 2.05) is 0 Å². The Kier molecular flexibility index (Phi) is 3.70. The Morgan fingerprint density at radius 2 is 2.20 bits per heavy atom. The van der Waals surface area contributed by atoms with E-state index in [0.717, 1.165) is 0 Å². The first-order chi connectivity index (χ1) is 4.49. The lowest BCUT2D eigenvalue weighted by Gasteiger charge is -2.30. The number of aliphatic hydroxyl groups is 1. The molecule has 0 aromatic heterocycles. The first-order valence-electron chi connectivity index (χ1n) is 2.26. The average molecular weight is 168 g/mol. The van der Waals surface area contributed by atoms with Crippen molar-refractivity contribution in [2.24, 2.45) is 0 Å². The average Bonchev–Trinajstić information content (AvgIpc) is 1.81. The summed E-state index contributed by atoms with van der Waals surface area (Å²) in [7, 11) is -5.15. The van der Waals surface area contributed by atoms with Crippen LogP contribution in [-0.4, -0.2) is 24.1 Å². The Morgan fingerprint density at radius 3 is 2.30 bits per heavy atom. The van der Waals surface area contributed by atoms with Gasteiger partial charge in [-0.15, -0.1) is 0 Å². The summed E-state index contributed by atoms with van der Waals surface area (Å²) in [6.07, 6.45) is -1.54. The van der Waals surface area contributed by atoms with Crippen LogP contribution >= 0.6 is 7.82 Å². The Bertz CT molecular complexity index is 149. The zero-order valence-electron chi connectivity index (χ0n) is 4.80. The fourth-order valence-electron chi connectivity index (χ4n) is 0.267. The fourth-order valence-corrected chi connectivity index (χ4v) is 0.715. The minimum atomic E-state index is -5.15. The molecule has 0 radical (unpaired) electrons. The number of hydrogen-bond donors (Lipinski definition) is 1. The van der Waals surface area contributed by atoms with E-state index in [1.165, 1.54) is 0 Å². The van der Waals surface area contributed by atoms with Crippen molar-refractivity contribution in [3.63, 3.8) is 0 Å². The Labute approximate surface area is 56.7 Å². The smallest absolute Gasteiger partial charge is 0.151 e. The molecule has 0 aromatic rings. The van der Waals surface area contributed by atoms with Gasteiger partial charge in [0, 0.05) is 0 Å². The molecule has 0 heterocycles. The number of rotatable bonds is 4. The third kappa shape index (κ3) is 4.60. The zero-order chi connectivity index (χ0) is 8.20. The third-order valence-corrected chi connectivity index (χ3v) is 1.13. The summed E-state index contributed by atoms with van der Waals surface area (Å²) in [6.45, 7) is -0.821. The maximum absolute atomic E-state index is 9.74. The molecule has 0 aliphatic heterocycles. The van der Waals surface area contributed by atoms with Crippen molar-refractivity contribution >= 4 is 14.1 Å². The highest BCUT2D eigenvalue weighted by atomic mass is 31.2. The van der Waals surface area contributed by atoms with E-state index in [-0.39, 0.29) is 6.29 Å². The highest BCUT2D eigenvalue weighted by Gasteiger charge is 2.06. The molecule has 0 aliphatic carbocycles. The van der Waals surface area contributed by atoms with Crippen molar-refractivity contribution in [3.8, 4) is 0 Å². The van der Waals surface area contributed by atoms with Gasteiger partial charge in [-0.2, -0.15) is 0 Å². The Hall–Kier alpha value is -0.260. The number of phosphoric ester groups is 1. The highest BCUT2D eigenvalue weighted by Crippen LogP contribution is 2.25. The van der Waals surface area contributed by atoms with Gasteiger partial charge in [0.15, 0.2) is 6.29 Å². The van der Waals surface area contributed by atoms with Gasteiger partial charge in [-0.05, 0) is 0 Å². The lowest BCUT2D eigenvalue weighted by atomic mass is 10.4. The summed E-state index contributed by atoms with van der Waals surface area (Å²) < 4.78 is 13.3. The molecule has 0 fully saturated rings. The molecule has 1 unspecified atom stereocenters. The molecule has 0 rings (SSSR count). The molecule has 1 N–H and O–H groups in total. The maximum atomic E-state index is 9.74. The molecule has 0 saturated carbocycles. The SMILES string of the molecule is O=CC(CO)OP(=O)([O-])[O-]. The van der Waals surface area contributed by atoms with Crippen molar-refractivity contribution < 1.29 is 28.8 Å². The quantitative estimate of drug-likeness (QED) is 0.363. The first kappa shape index (κ1) is 9.74. The van der Waals surface area contributed by atoms with Crippen LogP contribution in [-0.2, 0) is 13.9 Å². The second-order valence-corrected chi connectivity index (χ2v) is 2.51. The summed E-state index contributed by atoms with van der Waals surface area (Å²) in [5, 5.41) is 8.13. The molecule has 1 atom stereocenters. The van der Waals surface area contributed by atoms with E-state index in [1.54, 1.807) is 0 Å². The van der Waals surface area contributed by atoms with E-state index in [9.17, 15) is 19.1 Å². The number of carbonyl (C=O) groups excluding carboxylic acids is 1. The van der Waals surface area contributed by atoms with Crippen LogP contribution in [0.1, 0.15) is 0 Å². The topological polar surface area (TPSA) is 110 Å². The standard InChI is InChI=1S/C3H7O6P/c4-1-3(2-5)9-10(6,7)8/h1,3,5H,2H2,(H2,6,7,8)/p-2. The van der Waals surface area contributed by atoms with Crippen LogP contribution in [0, 0.1) is 0 Å². The van der Waals surface area contributed by atoms with Crippen LogP contribution in [0.2, 0.25) is 0 Å². The maximum Gasteiger partial charge on any atom is 0.151 e. The van der Waals surface area contributed by atoms with Crippen molar-refractivity contribution in [1.29, 1.82) is 0 Å². The van der Waals surface area contributed by atoms with E-state index in [2.05, 4.69) is 4.52 Å². The highest BCUT2D eigenvalue weighted by molar-refractivity contribution is 7.43. The molecule has 6 nitrogen and oxygen atoms in total. The fraction of sp³-hybridized carbons (Fsp3) is 0.667. The monoisotopic (exact) mass is 168 g/mol. The summed E-state index contributed by atoms with van der Waals surface area (Å²) in [6, 6.07) is 0. The molecule has 0 amide bonds. The summed E-state index contributed by atoms with van der Waals surface area (Å²) >= 11 is 0. The van der Waals surface area contributed by atoms with Crippen molar-refractivity contribution in [1.82, 2.24) is 0 Å². The van der Waals surface area contributed by atoms with E-state index < -0.39 is 20.5 Å². The van der Waals surface area contributed by atoms with Gasteiger partial charge in [-0.25, -0.2) is 0 Å². The first-order valence-corrected chi connectivity index (χ1v) is 3.72. The van der Waals surface area contributed by atoms with Gasteiger partial charge < -0.3 is 28.8 Å². The second kappa shape index (κ2) is 3.80. The minimum Gasteiger partial charge on any atom is -0.790 e. The van der Waals surface area contributed by atoms with Crippen LogP contribution < -0.4 is 9.79 Å². The van der Waals surface area contributed by atoms with E-state index in [0.29, 0.717) is 0 Å².